The zero-order valence-electron chi connectivity index (χ0n) is 7.18. The maximum Gasteiger partial charge on any atom is 0.231 e. The number of carbonyl (C=O) groups excluding carboxylic acids is 1. The Morgan fingerprint density at radius 3 is 2.50 bits per heavy atom. The molecule has 1 radical (unpaired) electrons. The van der Waals surface area contributed by atoms with Crippen molar-refractivity contribution in [3.63, 3.8) is 0 Å². The molecule has 0 spiro atoms. The zero-order chi connectivity index (χ0) is 8.97. The first-order chi connectivity index (χ1) is 5.68. The summed E-state index contributed by atoms with van der Waals surface area (Å²) in [6.07, 6.45) is 3.88. The fourth-order valence-electron chi connectivity index (χ4n) is 1.54. The summed E-state index contributed by atoms with van der Waals surface area (Å²) in [6.45, 7) is 0.271. The highest BCUT2D eigenvalue weighted by molar-refractivity contribution is 5.75. The predicted molar refractivity (Wildman–Crippen MR) is 46.3 cm³/mol. The number of hydrogen-bond acceptors (Lipinski definition) is 2. The molecule has 0 bridgehead atoms. The van der Waals surface area contributed by atoms with E-state index in [1.807, 2.05) is 0 Å². The van der Waals surface area contributed by atoms with Crippen LogP contribution in [0.1, 0.15) is 25.7 Å². The average Bonchev–Trinajstić information content (AvgIpc) is 2.03. The topological polar surface area (TPSA) is 78.9 Å². The highest BCUT2D eigenvalue weighted by Gasteiger charge is 2.18. The molecule has 0 aromatic rings. The first kappa shape index (κ1) is 9.48. The molecule has 1 aliphatic rings. The first-order valence-corrected chi connectivity index (χ1v) is 4.41. The van der Waals surface area contributed by atoms with Crippen LogP contribution in [0, 0.1) is 0 Å². The second kappa shape index (κ2) is 4.42. The van der Waals surface area contributed by atoms with Gasteiger partial charge in [0.05, 0.1) is 6.54 Å². The molecule has 1 aliphatic carbocycles. The maximum atomic E-state index is 10.4. The third-order valence-electron chi connectivity index (χ3n) is 2.29. The van der Waals surface area contributed by atoms with E-state index in [-0.39, 0.29) is 18.5 Å². The van der Waals surface area contributed by atoms with Crippen LogP contribution in [-0.2, 0) is 4.79 Å². The predicted octanol–water partition coefficient (Wildman–Crippen LogP) is -0.345. The lowest BCUT2D eigenvalue weighted by Crippen LogP contribution is -2.39. The Hall–Kier alpha value is -0.610. The Bertz CT molecular complexity index is 152. The number of hydrogen-bond donors (Lipinski definition) is 2. The van der Waals surface area contributed by atoms with E-state index in [4.69, 9.17) is 11.5 Å². The molecule has 0 aromatic carbocycles. The van der Waals surface area contributed by atoms with Crippen molar-refractivity contribution in [2.24, 2.45) is 5.73 Å². The van der Waals surface area contributed by atoms with Gasteiger partial charge in [0, 0.05) is 12.1 Å². The molecular formula is C8H16N3O. The molecule has 1 saturated carbocycles. The van der Waals surface area contributed by atoms with E-state index in [0.717, 1.165) is 25.7 Å². The molecule has 0 aliphatic heterocycles. The zero-order valence-corrected chi connectivity index (χ0v) is 7.18. The van der Waals surface area contributed by atoms with Crippen LogP contribution in [0.5, 0.6) is 0 Å². The SMILES string of the molecule is [NH]C1CCC(NCC(N)=O)CC1. The fraction of sp³-hybridized carbons (Fsp3) is 0.875. The van der Waals surface area contributed by atoms with Crippen LogP contribution in [0.2, 0.25) is 0 Å². The Kier molecular flexibility index (Phi) is 3.49. The van der Waals surface area contributed by atoms with Crippen molar-refractivity contribution in [1.29, 1.82) is 0 Å². The van der Waals surface area contributed by atoms with E-state index < -0.39 is 0 Å². The lowest BCUT2D eigenvalue weighted by Gasteiger charge is -2.25. The van der Waals surface area contributed by atoms with Crippen molar-refractivity contribution in [3.05, 3.63) is 0 Å². The van der Waals surface area contributed by atoms with Gasteiger partial charge in [-0.3, -0.25) is 10.5 Å². The molecule has 0 unspecified atom stereocenters. The van der Waals surface area contributed by atoms with Gasteiger partial charge in [-0.05, 0) is 25.7 Å². The minimum atomic E-state index is -0.303. The average molecular weight is 170 g/mol. The number of carbonyl (C=O) groups is 1. The van der Waals surface area contributed by atoms with Gasteiger partial charge in [-0.25, -0.2) is 0 Å². The smallest absolute Gasteiger partial charge is 0.231 e. The molecule has 0 atom stereocenters. The second-order valence-corrected chi connectivity index (χ2v) is 3.40. The highest BCUT2D eigenvalue weighted by Crippen LogP contribution is 2.17. The fourth-order valence-corrected chi connectivity index (χ4v) is 1.54. The van der Waals surface area contributed by atoms with Gasteiger partial charge in [0.15, 0.2) is 0 Å². The lowest BCUT2D eigenvalue weighted by molar-refractivity contribution is -0.117. The van der Waals surface area contributed by atoms with Crippen molar-refractivity contribution in [1.82, 2.24) is 11.1 Å². The molecule has 69 valence electrons. The van der Waals surface area contributed by atoms with Crippen molar-refractivity contribution in [3.8, 4) is 0 Å². The summed E-state index contributed by atoms with van der Waals surface area (Å²) in [5, 5.41) is 3.08. The molecule has 4 heteroatoms. The van der Waals surface area contributed by atoms with Gasteiger partial charge in [-0.15, -0.1) is 0 Å². The Morgan fingerprint density at radius 2 is 2.00 bits per heavy atom. The second-order valence-electron chi connectivity index (χ2n) is 3.40. The number of primary amides is 1. The van der Waals surface area contributed by atoms with Crippen molar-refractivity contribution < 1.29 is 4.79 Å². The molecule has 1 rings (SSSR count). The number of amides is 1. The third-order valence-corrected chi connectivity index (χ3v) is 2.29. The van der Waals surface area contributed by atoms with Crippen molar-refractivity contribution in [2.75, 3.05) is 6.54 Å². The minimum absolute atomic E-state index is 0.108. The molecule has 1 amide bonds. The van der Waals surface area contributed by atoms with E-state index in [1.54, 1.807) is 0 Å². The van der Waals surface area contributed by atoms with Crippen LogP contribution in [-0.4, -0.2) is 24.5 Å². The van der Waals surface area contributed by atoms with Gasteiger partial charge >= 0.3 is 0 Å². The van der Waals surface area contributed by atoms with Gasteiger partial charge in [0.2, 0.25) is 5.91 Å². The summed E-state index contributed by atoms with van der Waals surface area (Å²) in [5.41, 5.74) is 12.5. The van der Waals surface area contributed by atoms with Crippen LogP contribution < -0.4 is 16.8 Å². The van der Waals surface area contributed by atoms with E-state index in [0.29, 0.717) is 6.04 Å². The summed E-state index contributed by atoms with van der Waals surface area (Å²) in [7, 11) is 0. The maximum absolute atomic E-state index is 10.4. The van der Waals surface area contributed by atoms with Gasteiger partial charge in [-0.1, -0.05) is 0 Å². The van der Waals surface area contributed by atoms with E-state index >= 15 is 0 Å². The highest BCUT2D eigenvalue weighted by atomic mass is 16.1. The van der Waals surface area contributed by atoms with Crippen molar-refractivity contribution >= 4 is 5.91 Å². The molecule has 4 nitrogen and oxygen atoms in total. The van der Waals surface area contributed by atoms with Gasteiger partial charge in [-0.2, -0.15) is 0 Å². The largest absolute Gasteiger partial charge is 0.369 e. The number of nitrogens with two attached hydrogens (primary N) is 1. The number of nitrogens with one attached hydrogen (secondary N) is 2. The number of rotatable bonds is 3. The Balaban J connectivity index is 2.13. The first-order valence-electron chi connectivity index (χ1n) is 4.41. The van der Waals surface area contributed by atoms with Crippen molar-refractivity contribution in [2.45, 2.75) is 37.8 Å². The quantitative estimate of drug-likeness (QED) is 0.607. The third kappa shape index (κ3) is 3.19. The van der Waals surface area contributed by atoms with Crippen LogP contribution in [0.15, 0.2) is 0 Å². The lowest BCUT2D eigenvalue weighted by atomic mass is 9.92. The molecular weight excluding hydrogens is 154 g/mol. The van der Waals surface area contributed by atoms with Crippen LogP contribution in [0.25, 0.3) is 0 Å². The summed E-state index contributed by atoms with van der Waals surface area (Å²) >= 11 is 0. The summed E-state index contributed by atoms with van der Waals surface area (Å²) < 4.78 is 0. The van der Waals surface area contributed by atoms with Crippen LogP contribution in [0.4, 0.5) is 0 Å². The molecule has 0 aromatic heterocycles. The van der Waals surface area contributed by atoms with Gasteiger partial charge < -0.3 is 11.1 Å². The van der Waals surface area contributed by atoms with E-state index in [2.05, 4.69) is 5.32 Å². The Morgan fingerprint density at radius 1 is 1.42 bits per heavy atom. The molecule has 0 heterocycles. The summed E-state index contributed by atoms with van der Waals surface area (Å²) in [6, 6.07) is 0.510. The summed E-state index contributed by atoms with van der Waals surface area (Å²) in [4.78, 5) is 10.4. The normalized spacial score (nSPS) is 30.1. The van der Waals surface area contributed by atoms with Gasteiger partial charge in [0.1, 0.15) is 0 Å². The monoisotopic (exact) mass is 170 g/mol. The summed E-state index contributed by atoms with van der Waals surface area (Å²) in [5.74, 6) is -0.303. The van der Waals surface area contributed by atoms with Crippen LogP contribution in [0.3, 0.4) is 0 Å². The molecule has 0 saturated heterocycles. The molecule has 1 fully saturated rings. The minimum Gasteiger partial charge on any atom is -0.369 e. The standard InChI is InChI=1S/C8H16N3O/c9-6-1-3-7(4-2-6)11-5-8(10)12/h6-7,9,11H,1-5H2,(H2,10,12). The van der Waals surface area contributed by atoms with Crippen LogP contribution >= 0.6 is 0 Å². The van der Waals surface area contributed by atoms with Gasteiger partial charge in [0.25, 0.3) is 0 Å². The van der Waals surface area contributed by atoms with E-state index in [9.17, 15) is 4.79 Å². The Labute approximate surface area is 72.7 Å². The van der Waals surface area contributed by atoms with E-state index in [1.165, 1.54) is 0 Å². The molecule has 12 heavy (non-hydrogen) atoms. The molecule has 4 N–H and O–H groups in total.